The van der Waals surface area contributed by atoms with E-state index in [-0.39, 0.29) is 0 Å². The first-order chi connectivity index (χ1) is 22.8. The van der Waals surface area contributed by atoms with Crippen molar-refractivity contribution in [1.82, 2.24) is 0 Å². The van der Waals surface area contributed by atoms with Crippen molar-refractivity contribution in [1.29, 1.82) is 0 Å². The molecule has 0 spiro atoms. The van der Waals surface area contributed by atoms with Crippen molar-refractivity contribution in [2.75, 3.05) is 0 Å². The van der Waals surface area contributed by atoms with E-state index in [0.29, 0.717) is 0 Å². The van der Waals surface area contributed by atoms with Crippen LogP contribution in [0.15, 0.2) is 152 Å². The Morgan fingerprint density at radius 2 is 1.00 bits per heavy atom. The van der Waals surface area contributed by atoms with E-state index in [0.717, 1.165) is 12.8 Å². The molecule has 0 heteroatoms. The van der Waals surface area contributed by atoms with Gasteiger partial charge >= 0.3 is 0 Å². The van der Waals surface area contributed by atoms with E-state index in [1.54, 1.807) is 0 Å². The van der Waals surface area contributed by atoms with Crippen LogP contribution in [0.2, 0.25) is 0 Å². The third kappa shape index (κ3) is 3.62. The Hall–Kier alpha value is -5.72. The summed E-state index contributed by atoms with van der Waals surface area (Å²) in [5, 5.41) is 10.8. The molecular weight excluding hydrogens is 553 g/mol. The molecular formula is C46H30. The summed E-state index contributed by atoms with van der Waals surface area (Å²) in [5.41, 5.74) is 13.4. The molecule has 0 unspecified atom stereocenters. The Morgan fingerprint density at radius 1 is 0.370 bits per heavy atom. The van der Waals surface area contributed by atoms with Gasteiger partial charge in [-0.2, -0.15) is 0 Å². The Labute approximate surface area is 268 Å². The van der Waals surface area contributed by atoms with Gasteiger partial charge < -0.3 is 0 Å². The minimum absolute atomic E-state index is 1.05. The van der Waals surface area contributed by atoms with Crippen LogP contribution in [0.4, 0.5) is 0 Å². The van der Waals surface area contributed by atoms with Gasteiger partial charge in [-0.15, -0.1) is 0 Å². The van der Waals surface area contributed by atoms with E-state index in [1.807, 2.05) is 0 Å². The third-order valence-electron chi connectivity index (χ3n) is 10.2. The quantitative estimate of drug-likeness (QED) is 0.182. The maximum Gasteiger partial charge on any atom is -0.00106 e. The van der Waals surface area contributed by atoms with Gasteiger partial charge in [0.25, 0.3) is 0 Å². The Morgan fingerprint density at radius 3 is 1.74 bits per heavy atom. The highest BCUT2D eigenvalue weighted by molar-refractivity contribution is 6.20. The first kappa shape index (κ1) is 25.6. The van der Waals surface area contributed by atoms with E-state index in [2.05, 4.69) is 158 Å². The van der Waals surface area contributed by atoms with Gasteiger partial charge in [0.15, 0.2) is 0 Å². The number of rotatable bonds is 3. The molecule has 0 atom stereocenters. The lowest BCUT2D eigenvalue weighted by atomic mass is 9.80. The molecule has 0 radical (unpaired) electrons. The first-order valence-corrected chi connectivity index (χ1v) is 16.3. The average Bonchev–Trinajstić information content (AvgIpc) is 3.45. The van der Waals surface area contributed by atoms with E-state index < -0.39 is 0 Å². The number of hydrogen-bond donors (Lipinski definition) is 0. The standard InChI is InChI=1S/C46H30/c1-4-13-29(14-5-1)33-24-26-37-40(27-33)43(32-18-8-3-9-19-32)45-38-22-12-21-36-35-25-23-30-15-10-11-20-34(30)39(35)28-41(44(36)38)46(45)42(37)31-16-6-2-7-17-31/h1-11,13-21,23-28H,12,22H2. The molecule has 0 heterocycles. The fourth-order valence-corrected chi connectivity index (χ4v) is 8.33. The molecule has 0 aromatic heterocycles. The van der Waals surface area contributed by atoms with Gasteiger partial charge in [-0.3, -0.25) is 0 Å². The Kier molecular flexibility index (Phi) is 5.50. The van der Waals surface area contributed by atoms with Crippen molar-refractivity contribution in [2.24, 2.45) is 0 Å². The van der Waals surface area contributed by atoms with Crippen LogP contribution in [0.5, 0.6) is 0 Å². The van der Waals surface area contributed by atoms with Crippen molar-refractivity contribution in [3.63, 3.8) is 0 Å². The molecule has 214 valence electrons. The maximum absolute atomic E-state index is 2.52. The van der Waals surface area contributed by atoms with Crippen LogP contribution in [0, 0.1) is 0 Å². The molecule has 10 rings (SSSR count). The van der Waals surface area contributed by atoms with Crippen LogP contribution < -0.4 is 10.4 Å². The van der Waals surface area contributed by atoms with Gasteiger partial charge in [-0.05, 0) is 123 Å². The molecule has 8 aromatic carbocycles. The second-order valence-corrected chi connectivity index (χ2v) is 12.7. The summed E-state index contributed by atoms with van der Waals surface area (Å²) in [5.74, 6) is 0. The van der Waals surface area contributed by atoms with E-state index in [9.17, 15) is 0 Å². The highest BCUT2D eigenvalue weighted by Gasteiger charge is 2.31. The minimum Gasteiger partial charge on any atom is -0.0757 e. The molecule has 0 saturated carbocycles. The second-order valence-electron chi connectivity index (χ2n) is 12.7. The molecule has 0 N–H and O–H groups in total. The summed E-state index contributed by atoms with van der Waals surface area (Å²) < 4.78 is 0. The summed E-state index contributed by atoms with van der Waals surface area (Å²) >= 11 is 0. The van der Waals surface area contributed by atoms with Crippen LogP contribution in [0.25, 0.3) is 88.5 Å². The summed E-state index contributed by atoms with van der Waals surface area (Å²) in [6, 6.07) is 56.2. The molecule has 0 nitrogen and oxygen atoms in total. The van der Waals surface area contributed by atoms with Crippen molar-refractivity contribution in [3.8, 4) is 44.5 Å². The SMILES string of the molecule is C1=c2c3c(cc4c2ccc2ccccc24)-c2c(c(-c4ccccc4)c4cc(-c5ccccc5)ccc4c2-c2ccccc2)C=3CC1. The van der Waals surface area contributed by atoms with Gasteiger partial charge in [-0.1, -0.05) is 146 Å². The van der Waals surface area contributed by atoms with E-state index >= 15 is 0 Å². The zero-order valence-electron chi connectivity index (χ0n) is 25.4. The number of fused-ring (bicyclic) bond motifs is 8. The van der Waals surface area contributed by atoms with Crippen LogP contribution >= 0.6 is 0 Å². The smallest absolute Gasteiger partial charge is 0.00106 e. The monoisotopic (exact) mass is 582 g/mol. The fourth-order valence-electron chi connectivity index (χ4n) is 8.33. The topological polar surface area (TPSA) is 0 Å². The molecule has 2 aliphatic carbocycles. The molecule has 0 aliphatic heterocycles. The number of hydrogen-bond acceptors (Lipinski definition) is 0. The largest absolute Gasteiger partial charge is 0.0757 e. The highest BCUT2D eigenvalue weighted by Crippen LogP contribution is 2.52. The molecule has 0 amide bonds. The normalized spacial score (nSPS) is 13.2. The van der Waals surface area contributed by atoms with Crippen LogP contribution in [0.1, 0.15) is 18.4 Å². The van der Waals surface area contributed by atoms with Crippen molar-refractivity contribution >= 4 is 44.0 Å². The predicted octanol–water partition coefficient (Wildman–Crippen LogP) is 10.9. The van der Waals surface area contributed by atoms with Gasteiger partial charge in [0, 0.05) is 0 Å². The Balaban J connectivity index is 1.45. The van der Waals surface area contributed by atoms with Crippen molar-refractivity contribution in [3.05, 3.63) is 168 Å². The molecule has 0 fully saturated rings. The van der Waals surface area contributed by atoms with Crippen molar-refractivity contribution in [2.45, 2.75) is 12.8 Å². The lowest BCUT2D eigenvalue weighted by Gasteiger charge is -2.22. The van der Waals surface area contributed by atoms with Crippen molar-refractivity contribution < 1.29 is 0 Å². The summed E-state index contributed by atoms with van der Waals surface area (Å²) in [6.07, 6.45) is 4.59. The third-order valence-corrected chi connectivity index (χ3v) is 10.2. The molecule has 0 saturated heterocycles. The molecule has 8 aromatic rings. The average molecular weight is 583 g/mol. The van der Waals surface area contributed by atoms with Crippen LogP contribution in [-0.4, -0.2) is 0 Å². The summed E-state index contributed by atoms with van der Waals surface area (Å²) in [7, 11) is 0. The van der Waals surface area contributed by atoms with Crippen LogP contribution in [0.3, 0.4) is 0 Å². The zero-order chi connectivity index (χ0) is 30.2. The summed E-state index contributed by atoms with van der Waals surface area (Å²) in [6.45, 7) is 0. The summed E-state index contributed by atoms with van der Waals surface area (Å²) in [4.78, 5) is 0. The van der Waals surface area contributed by atoms with Gasteiger partial charge in [0.2, 0.25) is 0 Å². The highest BCUT2D eigenvalue weighted by atomic mass is 14.3. The van der Waals surface area contributed by atoms with Gasteiger partial charge in [0.05, 0.1) is 0 Å². The Bertz CT molecular complexity index is 2650. The maximum atomic E-state index is 2.52. The second kappa shape index (κ2) is 9.89. The van der Waals surface area contributed by atoms with E-state index in [4.69, 9.17) is 0 Å². The fraction of sp³-hybridized carbons (Fsp3) is 0.0435. The molecule has 0 bridgehead atoms. The predicted molar refractivity (Wildman–Crippen MR) is 196 cm³/mol. The van der Waals surface area contributed by atoms with E-state index in [1.165, 1.54) is 98.4 Å². The zero-order valence-corrected chi connectivity index (χ0v) is 25.4. The molecule has 2 aliphatic rings. The van der Waals surface area contributed by atoms with Gasteiger partial charge in [-0.25, -0.2) is 0 Å². The lowest BCUT2D eigenvalue weighted by molar-refractivity contribution is 1.09. The minimum atomic E-state index is 1.05. The lowest BCUT2D eigenvalue weighted by Crippen LogP contribution is -2.30. The molecule has 46 heavy (non-hydrogen) atoms. The number of benzene rings is 8. The van der Waals surface area contributed by atoms with Crippen LogP contribution in [-0.2, 0) is 0 Å². The van der Waals surface area contributed by atoms with Gasteiger partial charge in [0.1, 0.15) is 0 Å². The first-order valence-electron chi connectivity index (χ1n) is 16.3.